The molecule has 5 heteroatoms. The smallest absolute Gasteiger partial charge is 0.231 e. The highest BCUT2D eigenvalue weighted by molar-refractivity contribution is 5.45. The zero-order valence-corrected chi connectivity index (χ0v) is 11.9. The van der Waals surface area contributed by atoms with Gasteiger partial charge in [0, 0.05) is 19.1 Å². The average molecular weight is 278 g/mol. The Kier molecular flexibility index (Phi) is 5.40. The van der Waals surface area contributed by atoms with Gasteiger partial charge < -0.3 is 25.3 Å². The quantitative estimate of drug-likeness (QED) is 0.558. The van der Waals surface area contributed by atoms with Gasteiger partial charge >= 0.3 is 0 Å². The van der Waals surface area contributed by atoms with E-state index in [9.17, 15) is 0 Å². The molecule has 1 heterocycles. The lowest BCUT2D eigenvalue weighted by atomic mass is 10.1. The summed E-state index contributed by atoms with van der Waals surface area (Å²) in [6, 6.07) is 5.98. The van der Waals surface area contributed by atoms with Crippen molar-refractivity contribution in [3.8, 4) is 11.5 Å². The zero-order valence-electron chi connectivity index (χ0n) is 11.9. The molecule has 20 heavy (non-hydrogen) atoms. The van der Waals surface area contributed by atoms with E-state index in [0.717, 1.165) is 29.2 Å². The third kappa shape index (κ3) is 3.96. The van der Waals surface area contributed by atoms with Crippen LogP contribution in [0.25, 0.3) is 0 Å². The third-order valence-electron chi connectivity index (χ3n) is 3.02. The van der Waals surface area contributed by atoms with Crippen molar-refractivity contribution < 1.29 is 14.2 Å². The van der Waals surface area contributed by atoms with Crippen LogP contribution in [0.5, 0.6) is 11.5 Å². The van der Waals surface area contributed by atoms with Gasteiger partial charge in [0.15, 0.2) is 11.5 Å². The van der Waals surface area contributed by atoms with Crippen molar-refractivity contribution >= 4 is 0 Å². The highest BCUT2D eigenvalue weighted by Crippen LogP contribution is 2.33. The molecule has 110 valence electrons. The van der Waals surface area contributed by atoms with Gasteiger partial charge in [-0.1, -0.05) is 18.2 Å². The first-order valence-electron chi connectivity index (χ1n) is 6.76. The van der Waals surface area contributed by atoms with E-state index in [2.05, 4.69) is 11.9 Å². The summed E-state index contributed by atoms with van der Waals surface area (Å²) in [5, 5.41) is 3.37. The monoisotopic (exact) mass is 278 g/mol. The Labute approximate surface area is 119 Å². The van der Waals surface area contributed by atoms with Crippen molar-refractivity contribution in [1.29, 1.82) is 0 Å². The number of nitrogens with two attached hydrogens (primary N) is 1. The van der Waals surface area contributed by atoms with Crippen LogP contribution in [-0.4, -0.2) is 33.1 Å². The Morgan fingerprint density at radius 1 is 1.45 bits per heavy atom. The second-order valence-corrected chi connectivity index (χ2v) is 4.86. The molecule has 1 aliphatic heterocycles. The van der Waals surface area contributed by atoms with Crippen LogP contribution < -0.4 is 20.5 Å². The van der Waals surface area contributed by atoms with Crippen LogP contribution in [0.1, 0.15) is 18.5 Å². The molecule has 2 rings (SSSR count). The van der Waals surface area contributed by atoms with Crippen LogP contribution in [0.2, 0.25) is 0 Å². The number of hydrogen-bond donors (Lipinski definition) is 2. The van der Waals surface area contributed by atoms with Crippen LogP contribution in [-0.2, 0) is 4.74 Å². The van der Waals surface area contributed by atoms with Gasteiger partial charge in [0.05, 0.1) is 13.2 Å². The second-order valence-electron chi connectivity index (χ2n) is 4.86. The molecule has 0 aliphatic carbocycles. The van der Waals surface area contributed by atoms with E-state index >= 15 is 0 Å². The fourth-order valence-corrected chi connectivity index (χ4v) is 2.02. The predicted molar refractivity (Wildman–Crippen MR) is 78.0 cm³/mol. The lowest BCUT2D eigenvalue weighted by Gasteiger charge is -2.17. The summed E-state index contributed by atoms with van der Waals surface area (Å²) >= 11 is 0. The Morgan fingerprint density at radius 2 is 2.25 bits per heavy atom. The van der Waals surface area contributed by atoms with Crippen LogP contribution in [0.3, 0.4) is 0 Å². The molecule has 3 N–H and O–H groups in total. The number of fused-ring (bicyclic) bond motifs is 1. The Balaban J connectivity index is 1.83. The highest BCUT2D eigenvalue weighted by atomic mass is 16.7. The van der Waals surface area contributed by atoms with Crippen molar-refractivity contribution in [3.05, 3.63) is 35.9 Å². The highest BCUT2D eigenvalue weighted by Gasteiger charge is 2.16. The van der Waals surface area contributed by atoms with Crippen LogP contribution in [0.15, 0.2) is 30.4 Å². The molecule has 0 saturated carbocycles. The van der Waals surface area contributed by atoms with Gasteiger partial charge in [-0.25, -0.2) is 0 Å². The van der Waals surface area contributed by atoms with Gasteiger partial charge in [-0.3, -0.25) is 0 Å². The number of benzene rings is 1. The summed E-state index contributed by atoms with van der Waals surface area (Å²) in [5.41, 5.74) is 7.94. The molecule has 1 aromatic carbocycles. The molecule has 1 atom stereocenters. The Morgan fingerprint density at radius 3 is 3.00 bits per heavy atom. The number of hydrogen-bond acceptors (Lipinski definition) is 5. The minimum atomic E-state index is 0.0814. The van der Waals surface area contributed by atoms with Gasteiger partial charge in [-0.05, 0) is 24.6 Å². The van der Waals surface area contributed by atoms with Crippen molar-refractivity contribution in [2.75, 3.05) is 33.1 Å². The summed E-state index contributed by atoms with van der Waals surface area (Å²) in [5.74, 6) is 1.57. The lowest BCUT2D eigenvalue weighted by molar-refractivity contribution is 0.155. The fourth-order valence-electron chi connectivity index (χ4n) is 2.02. The summed E-state index contributed by atoms with van der Waals surface area (Å²) in [6.07, 6.45) is 0. The third-order valence-corrected chi connectivity index (χ3v) is 3.02. The maximum Gasteiger partial charge on any atom is 0.231 e. The van der Waals surface area contributed by atoms with E-state index in [0.29, 0.717) is 19.8 Å². The number of ether oxygens (including phenoxy) is 3. The Hall–Kier alpha value is -1.56. The molecule has 5 nitrogen and oxygen atoms in total. The first kappa shape index (κ1) is 14.8. The van der Waals surface area contributed by atoms with E-state index in [1.165, 1.54) is 0 Å². The zero-order chi connectivity index (χ0) is 14.4. The maximum atomic E-state index is 5.82. The van der Waals surface area contributed by atoms with Gasteiger partial charge in [-0.2, -0.15) is 0 Å². The lowest BCUT2D eigenvalue weighted by Crippen LogP contribution is -2.31. The Bertz CT molecular complexity index is 462. The van der Waals surface area contributed by atoms with Crippen molar-refractivity contribution in [1.82, 2.24) is 5.32 Å². The molecule has 0 fully saturated rings. The molecule has 0 aromatic heterocycles. The largest absolute Gasteiger partial charge is 0.454 e. The molecule has 1 aromatic rings. The molecular weight excluding hydrogens is 256 g/mol. The van der Waals surface area contributed by atoms with Gasteiger partial charge in [0.25, 0.3) is 0 Å². The SMILES string of the molecule is C=C(C)COCCNC(CN)c1ccc2c(c1)OCO2. The van der Waals surface area contributed by atoms with Gasteiger partial charge in [-0.15, -0.1) is 0 Å². The summed E-state index contributed by atoms with van der Waals surface area (Å²) in [6.45, 7) is 8.51. The van der Waals surface area contributed by atoms with Crippen molar-refractivity contribution in [2.45, 2.75) is 13.0 Å². The standard InChI is InChI=1S/C15H22N2O3/c1-11(2)9-18-6-5-17-13(8-16)12-3-4-14-15(7-12)20-10-19-14/h3-4,7,13,17H,1,5-6,8-10,16H2,2H3. The molecule has 0 bridgehead atoms. The molecule has 0 amide bonds. The first-order chi connectivity index (χ1) is 9.70. The second kappa shape index (κ2) is 7.28. The van der Waals surface area contributed by atoms with Crippen LogP contribution in [0, 0.1) is 0 Å². The van der Waals surface area contributed by atoms with E-state index < -0.39 is 0 Å². The minimum Gasteiger partial charge on any atom is -0.454 e. The van der Waals surface area contributed by atoms with Crippen LogP contribution in [0.4, 0.5) is 0 Å². The van der Waals surface area contributed by atoms with Crippen molar-refractivity contribution in [3.63, 3.8) is 0 Å². The van der Waals surface area contributed by atoms with E-state index in [-0.39, 0.29) is 12.8 Å². The van der Waals surface area contributed by atoms with E-state index in [4.69, 9.17) is 19.9 Å². The van der Waals surface area contributed by atoms with E-state index in [1.54, 1.807) is 0 Å². The average Bonchev–Trinajstić information content (AvgIpc) is 2.89. The molecular formula is C15H22N2O3. The molecule has 0 spiro atoms. The molecule has 0 saturated heterocycles. The fraction of sp³-hybridized carbons (Fsp3) is 0.467. The topological polar surface area (TPSA) is 65.7 Å². The van der Waals surface area contributed by atoms with Crippen LogP contribution >= 0.6 is 0 Å². The van der Waals surface area contributed by atoms with Crippen molar-refractivity contribution in [2.24, 2.45) is 5.73 Å². The minimum absolute atomic E-state index is 0.0814. The van der Waals surface area contributed by atoms with E-state index in [1.807, 2.05) is 25.1 Å². The predicted octanol–water partition coefficient (Wildman–Crippen LogP) is 1.60. The number of nitrogens with one attached hydrogen (secondary N) is 1. The first-order valence-corrected chi connectivity index (χ1v) is 6.76. The molecule has 0 radical (unpaired) electrons. The maximum absolute atomic E-state index is 5.82. The van der Waals surface area contributed by atoms with Gasteiger partial charge in [0.2, 0.25) is 6.79 Å². The number of rotatable bonds is 8. The summed E-state index contributed by atoms with van der Waals surface area (Å²) in [7, 11) is 0. The summed E-state index contributed by atoms with van der Waals surface area (Å²) < 4.78 is 16.1. The molecule has 1 unspecified atom stereocenters. The molecule has 1 aliphatic rings. The normalized spacial score (nSPS) is 14.3. The summed E-state index contributed by atoms with van der Waals surface area (Å²) in [4.78, 5) is 0. The van der Waals surface area contributed by atoms with Gasteiger partial charge in [0.1, 0.15) is 0 Å².